The Bertz CT molecular complexity index is 2510. The van der Waals surface area contributed by atoms with E-state index in [0.29, 0.717) is 0 Å². The average molecular weight is 652 g/mol. The van der Waals surface area contributed by atoms with Crippen LogP contribution in [0.4, 0.5) is 17.1 Å². The van der Waals surface area contributed by atoms with Crippen LogP contribution in [0.1, 0.15) is 22.3 Å². The van der Waals surface area contributed by atoms with Crippen molar-refractivity contribution < 1.29 is 4.74 Å². The third-order valence-corrected chi connectivity index (χ3v) is 10.5. The number of benzene rings is 8. The summed E-state index contributed by atoms with van der Waals surface area (Å²) in [5.74, 6) is 1.79. The predicted molar refractivity (Wildman–Crippen MR) is 209 cm³/mol. The van der Waals surface area contributed by atoms with Gasteiger partial charge in [0.25, 0.3) is 0 Å². The van der Waals surface area contributed by atoms with Crippen LogP contribution < -0.4 is 9.64 Å². The standard InChI is InChI=1S/C49H33NO/c1-3-15-34(16-4-1)35-27-30-38(31-28-35)50(37-17-5-2-6-18-37)46-25-13-9-19-39(46)36-29-32-48-45(33-36)49(44-24-12-14-26-47(44)51-48)42-22-10-7-20-40(42)41-21-8-11-23-43(41)49/h1-33H. The number of ether oxygens (including phenoxy) is 1. The lowest BCUT2D eigenvalue weighted by atomic mass is 9.66. The molecule has 0 fully saturated rings. The number of fused-ring (bicyclic) bond motifs is 9. The number of nitrogens with zero attached hydrogens (tertiary/aromatic N) is 1. The zero-order valence-corrected chi connectivity index (χ0v) is 27.9. The molecule has 8 aromatic rings. The fourth-order valence-corrected chi connectivity index (χ4v) is 8.37. The quantitative estimate of drug-likeness (QED) is 0.184. The van der Waals surface area contributed by atoms with Gasteiger partial charge >= 0.3 is 0 Å². The van der Waals surface area contributed by atoms with Crippen molar-refractivity contribution in [2.45, 2.75) is 5.41 Å². The summed E-state index contributed by atoms with van der Waals surface area (Å²) in [5.41, 5.74) is 14.9. The Labute approximate surface area is 298 Å². The topological polar surface area (TPSA) is 12.5 Å². The molecule has 1 heterocycles. The molecule has 0 bridgehead atoms. The molecule has 1 aliphatic carbocycles. The summed E-state index contributed by atoms with van der Waals surface area (Å²) in [6, 6.07) is 71.9. The van der Waals surface area contributed by atoms with E-state index in [0.717, 1.165) is 45.3 Å². The normalized spacial score (nSPS) is 13.0. The zero-order valence-electron chi connectivity index (χ0n) is 27.9. The first-order valence-corrected chi connectivity index (χ1v) is 17.5. The van der Waals surface area contributed by atoms with Gasteiger partial charge in [-0.3, -0.25) is 0 Å². The van der Waals surface area contributed by atoms with Crippen molar-refractivity contribution in [1.29, 1.82) is 0 Å². The first-order chi connectivity index (χ1) is 25.3. The number of anilines is 3. The van der Waals surface area contributed by atoms with Crippen LogP contribution in [-0.4, -0.2) is 0 Å². The minimum atomic E-state index is -0.519. The van der Waals surface area contributed by atoms with E-state index in [1.165, 1.54) is 38.9 Å². The molecular weight excluding hydrogens is 619 g/mol. The minimum absolute atomic E-state index is 0.519. The van der Waals surface area contributed by atoms with Crippen molar-refractivity contribution >= 4 is 17.1 Å². The van der Waals surface area contributed by atoms with Gasteiger partial charge in [0.2, 0.25) is 0 Å². The number of para-hydroxylation sites is 3. The Kier molecular flexibility index (Phi) is 6.75. The molecule has 51 heavy (non-hydrogen) atoms. The molecule has 240 valence electrons. The summed E-state index contributed by atoms with van der Waals surface area (Å²) >= 11 is 0. The van der Waals surface area contributed by atoms with Crippen molar-refractivity contribution in [2.75, 3.05) is 4.90 Å². The second-order valence-corrected chi connectivity index (χ2v) is 13.3. The lowest BCUT2D eigenvalue weighted by molar-refractivity contribution is 0.436. The molecule has 0 unspecified atom stereocenters. The summed E-state index contributed by atoms with van der Waals surface area (Å²) in [6.45, 7) is 0. The Hall–Kier alpha value is -6.64. The van der Waals surface area contributed by atoms with Gasteiger partial charge in [-0.25, -0.2) is 0 Å². The highest BCUT2D eigenvalue weighted by atomic mass is 16.5. The second kappa shape index (κ2) is 11.8. The molecule has 1 aliphatic heterocycles. The van der Waals surface area contributed by atoms with Crippen LogP contribution >= 0.6 is 0 Å². The largest absolute Gasteiger partial charge is 0.457 e. The van der Waals surface area contributed by atoms with E-state index in [9.17, 15) is 0 Å². The Morgan fingerprint density at radius 2 is 0.824 bits per heavy atom. The highest BCUT2D eigenvalue weighted by Gasteiger charge is 2.51. The van der Waals surface area contributed by atoms with Gasteiger partial charge in [0.15, 0.2) is 0 Å². The molecule has 0 atom stereocenters. The molecule has 10 rings (SSSR count). The molecule has 0 saturated heterocycles. The molecule has 1 spiro atoms. The van der Waals surface area contributed by atoms with Crippen LogP contribution in [0, 0.1) is 0 Å². The van der Waals surface area contributed by atoms with Crippen LogP contribution in [0.3, 0.4) is 0 Å². The molecule has 2 heteroatoms. The van der Waals surface area contributed by atoms with Crippen LogP contribution in [0.25, 0.3) is 33.4 Å². The van der Waals surface area contributed by atoms with Crippen molar-refractivity contribution in [3.63, 3.8) is 0 Å². The molecule has 0 aromatic heterocycles. The van der Waals surface area contributed by atoms with Crippen molar-refractivity contribution in [3.8, 4) is 44.9 Å². The van der Waals surface area contributed by atoms with Crippen LogP contribution in [0.2, 0.25) is 0 Å². The van der Waals surface area contributed by atoms with Gasteiger partial charge in [0.1, 0.15) is 11.5 Å². The fraction of sp³-hybridized carbons (Fsp3) is 0.0204. The van der Waals surface area contributed by atoms with E-state index in [1.54, 1.807) is 0 Å². The van der Waals surface area contributed by atoms with E-state index >= 15 is 0 Å². The molecule has 0 radical (unpaired) electrons. The highest BCUT2D eigenvalue weighted by Crippen LogP contribution is 2.62. The van der Waals surface area contributed by atoms with E-state index in [-0.39, 0.29) is 0 Å². The van der Waals surface area contributed by atoms with E-state index in [1.807, 2.05) is 0 Å². The van der Waals surface area contributed by atoms with E-state index in [4.69, 9.17) is 4.74 Å². The second-order valence-electron chi connectivity index (χ2n) is 13.3. The smallest absolute Gasteiger partial charge is 0.132 e. The van der Waals surface area contributed by atoms with Crippen molar-refractivity contribution in [3.05, 3.63) is 222 Å². The summed E-state index contributed by atoms with van der Waals surface area (Å²) in [5, 5.41) is 0. The van der Waals surface area contributed by atoms with Gasteiger partial charge in [-0.15, -0.1) is 0 Å². The summed E-state index contributed by atoms with van der Waals surface area (Å²) in [4.78, 5) is 2.37. The van der Waals surface area contributed by atoms with Gasteiger partial charge in [-0.05, 0) is 87.5 Å². The van der Waals surface area contributed by atoms with Crippen LogP contribution in [-0.2, 0) is 5.41 Å². The van der Waals surface area contributed by atoms with Crippen LogP contribution in [0.15, 0.2) is 200 Å². The lowest BCUT2D eigenvalue weighted by Gasteiger charge is -2.39. The monoisotopic (exact) mass is 651 g/mol. The van der Waals surface area contributed by atoms with Crippen molar-refractivity contribution in [2.24, 2.45) is 0 Å². The number of hydrogen-bond donors (Lipinski definition) is 0. The Balaban J connectivity index is 1.18. The molecule has 0 amide bonds. The van der Waals surface area contributed by atoms with Crippen molar-refractivity contribution in [1.82, 2.24) is 0 Å². The average Bonchev–Trinajstić information content (AvgIpc) is 3.50. The lowest BCUT2D eigenvalue weighted by Crippen LogP contribution is -2.32. The SMILES string of the molecule is c1ccc(-c2ccc(N(c3ccccc3)c3ccccc3-c3ccc4c(c3)C3(c5ccccc5O4)c4ccccc4-c4ccccc43)cc2)cc1. The molecule has 0 saturated carbocycles. The predicted octanol–water partition coefficient (Wildman–Crippen LogP) is 13.0. The molecule has 2 nitrogen and oxygen atoms in total. The third-order valence-electron chi connectivity index (χ3n) is 10.5. The maximum Gasteiger partial charge on any atom is 0.132 e. The maximum atomic E-state index is 6.74. The molecule has 2 aliphatic rings. The summed E-state index contributed by atoms with van der Waals surface area (Å²) < 4.78 is 6.74. The number of hydrogen-bond acceptors (Lipinski definition) is 2. The zero-order chi connectivity index (χ0) is 33.8. The van der Waals surface area contributed by atoms with Gasteiger partial charge in [0.05, 0.1) is 11.1 Å². The van der Waals surface area contributed by atoms with E-state index in [2.05, 4.69) is 205 Å². The fourth-order valence-electron chi connectivity index (χ4n) is 8.37. The highest BCUT2D eigenvalue weighted by molar-refractivity contribution is 5.92. The Morgan fingerprint density at radius 1 is 0.333 bits per heavy atom. The Morgan fingerprint density at radius 3 is 1.53 bits per heavy atom. The van der Waals surface area contributed by atoms with Gasteiger partial charge in [-0.2, -0.15) is 0 Å². The molecule has 0 N–H and O–H groups in total. The third kappa shape index (κ3) is 4.50. The summed E-state index contributed by atoms with van der Waals surface area (Å²) in [7, 11) is 0. The number of rotatable bonds is 5. The summed E-state index contributed by atoms with van der Waals surface area (Å²) in [6.07, 6.45) is 0. The van der Waals surface area contributed by atoms with Gasteiger partial charge in [0, 0.05) is 28.1 Å². The van der Waals surface area contributed by atoms with Crippen LogP contribution in [0.5, 0.6) is 11.5 Å². The molecule has 8 aromatic carbocycles. The molecular formula is C49H33NO. The minimum Gasteiger partial charge on any atom is -0.457 e. The van der Waals surface area contributed by atoms with Gasteiger partial charge < -0.3 is 9.64 Å². The first-order valence-electron chi connectivity index (χ1n) is 17.5. The maximum absolute atomic E-state index is 6.74. The first kappa shape index (κ1) is 29.3. The van der Waals surface area contributed by atoms with Gasteiger partial charge in [-0.1, -0.05) is 152 Å². The van der Waals surface area contributed by atoms with E-state index < -0.39 is 5.41 Å².